The van der Waals surface area contributed by atoms with Crippen LogP contribution in [0.4, 0.5) is 0 Å². The molecule has 0 atom stereocenters. The Bertz CT molecular complexity index is 693. The highest BCUT2D eigenvalue weighted by Gasteiger charge is 2.15. The molecule has 0 radical (unpaired) electrons. The van der Waals surface area contributed by atoms with Crippen LogP contribution in [0.5, 0.6) is 5.75 Å². The molecule has 1 heterocycles. The summed E-state index contributed by atoms with van der Waals surface area (Å²) in [6.07, 6.45) is 3.89. The number of pyridine rings is 1. The molecule has 0 aliphatic carbocycles. The van der Waals surface area contributed by atoms with E-state index < -0.39 is 0 Å². The van der Waals surface area contributed by atoms with Gasteiger partial charge in [0.25, 0.3) is 0 Å². The van der Waals surface area contributed by atoms with Gasteiger partial charge in [0.15, 0.2) is 5.96 Å². The molecule has 0 spiro atoms. The zero-order valence-corrected chi connectivity index (χ0v) is 19.5. The van der Waals surface area contributed by atoms with Gasteiger partial charge in [0, 0.05) is 31.1 Å². The molecule has 0 bridgehead atoms. The van der Waals surface area contributed by atoms with Gasteiger partial charge in [-0.3, -0.25) is 9.98 Å². The Labute approximate surface area is 183 Å². The fourth-order valence-corrected chi connectivity index (χ4v) is 2.34. The molecular formula is C20H29IN4OS. The largest absolute Gasteiger partial charge is 0.487 e. The molecule has 0 saturated carbocycles. The van der Waals surface area contributed by atoms with Gasteiger partial charge in [-0.1, -0.05) is 18.2 Å². The van der Waals surface area contributed by atoms with Gasteiger partial charge in [-0.2, -0.15) is 11.8 Å². The SMILES string of the molecule is CN=C(NCc1ccc(OCc2ccccn2)cc1)NCC(C)(C)SC.I. The van der Waals surface area contributed by atoms with E-state index in [0.717, 1.165) is 23.9 Å². The summed E-state index contributed by atoms with van der Waals surface area (Å²) in [4.78, 5) is 8.53. The quantitative estimate of drug-likeness (QED) is 0.325. The fraction of sp³-hybridized carbons (Fsp3) is 0.400. The Morgan fingerprint density at radius 1 is 1.15 bits per heavy atom. The molecule has 0 aliphatic rings. The minimum absolute atomic E-state index is 0. The van der Waals surface area contributed by atoms with Crippen molar-refractivity contribution in [1.82, 2.24) is 15.6 Å². The van der Waals surface area contributed by atoms with Crippen molar-refractivity contribution in [3.63, 3.8) is 0 Å². The Morgan fingerprint density at radius 3 is 2.48 bits per heavy atom. The van der Waals surface area contributed by atoms with Gasteiger partial charge >= 0.3 is 0 Å². The summed E-state index contributed by atoms with van der Waals surface area (Å²) >= 11 is 1.83. The number of nitrogens with zero attached hydrogens (tertiary/aromatic N) is 2. The van der Waals surface area contributed by atoms with Crippen molar-refractivity contribution in [1.29, 1.82) is 0 Å². The van der Waals surface area contributed by atoms with Crippen LogP contribution in [0.2, 0.25) is 0 Å². The van der Waals surface area contributed by atoms with Crippen molar-refractivity contribution in [2.45, 2.75) is 31.7 Å². The van der Waals surface area contributed by atoms with E-state index in [9.17, 15) is 0 Å². The third-order valence-electron chi connectivity index (χ3n) is 3.95. The molecule has 27 heavy (non-hydrogen) atoms. The lowest BCUT2D eigenvalue weighted by atomic mass is 10.2. The molecule has 0 unspecified atom stereocenters. The monoisotopic (exact) mass is 500 g/mol. The number of hydrogen-bond donors (Lipinski definition) is 2. The van der Waals surface area contributed by atoms with Crippen molar-refractivity contribution in [3.05, 3.63) is 59.9 Å². The Hall–Kier alpha value is -1.48. The lowest BCUT2D eigenvalue weighted by Crippen LogP contribution is -2.42. The van der Waals surface area contributed by atoms with Gasteiger partial charge in [-0.15, -0.1) is 24.0 Å². The number of rotatable bonds is 8. The van der Waals surface area contributed by atoms with Crippen LogP contribution in [-0.4, -0.2) is 35.5 Å². The zero-order chi connectivity index (χ0) is 18.8. The van der Waals surface area contributed by atoms with Crippen LogP contribution in [0, 0.1) is 0 Å². The van der Waals surface area contributed by atoms with Crippen molar-refractivity contribution < 1.29 is 4.74 Å². The van der Waals surface area contributed by atoms with Crippen molar-refractivity contribution >= 4 is 41.7 Å². The predicted molar refractivity (Wildman–Crippen MR) is 126 cm³/mol. The van der Waals surface area contributed by atoms with E-state index in [-0.39, 0.29) is 28.7 Å². The van der Waals surface area contributed by atoms with Crippen molar-refractivity contribution in [2.24, 2.45) is 4.99 Å². The highest BCUT2D eigenvalue weighted by Crippen LogP contribution is 2.19. The molecule has 148 valence electrons. The van der Waals surface area contributed by atoms with Crippen molar-refractivity contribution in [3.8, 4) is 5.75 Å². The normalized spacial score (nSPS) is 11.5. The highest BCUT2D eigenvalue weighted by atomic mass is 127. The van der Waals surface area contributed by atoms with Crippen molar-refractivity contribution in [2.75, 3.05) is 19.8 Å². The van der Waals surface area contributed by atoms with Gasteiger partial charge in [0.2, 0.25) is 0 Å². The van der Waals surface area contributed by atoms with E-state index in [0.29, 0.717) is 13.2 Å². The molecule has 2 aromatic rings. The predicted octanol–water partition coefficient (Wildman–Crippen LogP) is 4.09. The number of halogens is 1. The number of hydrogen-bond acceptors (Lipinski definition) is 4. The molecule has 2 rings (SSSR count). The lowest BCUT2D eigenvalue weighted by molar-refractivity contribution is 0.301. The number of ether oxygens (including phenoxy) is 1. The van der Waals surface area contributed by atoms with Crippen LogP contribution in [0.3, 0.4) is 0 Å². The Balaban J connectivity index is 0.00000364. The van der Waals surface area contributed by atoms with Gasteiger partial charge in [0.1, 0.15) is 12.4 Å². The van der Waals surface area contributed by atoms with E-state index in [2.05, 4.69) is 52.8 Å². The van der Waals surface area contributed by atoms with Crippen LogP contribution >= 0.6 is 35.7 Å². The van der Waals surface area contributed by atoms with Crippen LogP contribution in [-0.2, 0) is 13.2 Å². The van der Waals surface area contributed by atoms with Gasteiger partial charge in [-0.05, 0) is 49.9 Å². The number of thioether (sulfide) groups is 1. The number of benzene rings is 1. The molecule has 2 N–H and O–H groups in total. The Morgan fingerprint density at radius 2 is 1.89 bits per heavy atom. The first-order chi connectivity index (χ1) is 12.5. The van der Waals surface area contributed by atoms with E-state index in [4.69, 9.17) is 4.74 Å². The summed E-state index contributed by atoms with van der Waals surface area (Å²) < 4.78 is 5.93. The molecule has 5 nitrogen and oxygen atoms in total. The summed E-state index contributed by atoms with van der Waals surface area (Å²) in [7, 11) is 1.79. The second-order valence-electron chi connectivity index (χ2n) is 6.50. The van der Waals surface area contributed by atoms with Crippen LogP contribution in [0.1, 0.15) is 25.1 Å². The van der Waals surface area contributed by atoms with Gasteiger partial charge < -0.3 is 15.4 Å². The van der Waals surface area contributed by atoms with E-state index >= 15 is 0 Å². The number of nitrogens with one attached hydrogen (secondary N) is 2. The van der Waals surface area contributed by atoms with E-state index in [1.807, 2.05) is 42.1 Å². The number of aromatic nitrogens is 1. The molecule has 0 amide bonds. The molecule has 7 heteroatoms. The minimum Gasteiger partial charge on any atom is -0.487 e. The number of guanidine groups is 1. The molecule has 1 aromatic heterocycles. The molecule has 0 aliphatic heterocycles. The maximum atomic E-state index is 5.76. The Kier molecular flexibility index (Phi) is 10.5. The zero-order valence-electron chi connectivity index (χ0n) is 16.4. The van der Waals surface area contributed by atoms with Crippen LogP contribution in [0.25, 0.3) is 0 Å². The van der Waals surface area contributed by atoms with Gasteiger partial charge in [0.05, 0.1) is 5.69 Å². The third-order valence-corrected chi connectivity index (χ3v) is 5.20. The topological polar surface area (TPSA) is 58.5 Å². The number of aliphatic imine (C=N–C) groups is 1. The summed E-state index contributed by atoms with van der Waals surface area (Å²) in [5.41, 5.74) is 2.09. The summed E-state index contributed by atoms with van der Waals surface area (Å²) in [5.74, 6) is 1.64. The van der Waals surface area contributed by atoms with E-state index in [1.165, 1.54) is 5.56 Å². The second-order valence-corrected chi connectivity index (χ2v) is 8.01. The first-order valence-electron chi connectivity index (χ1n) is 8.64. The third kappa shape index (κ3) is 8.83. The van der Waals surface area contributed by atoms with Crippen LogP contribution < -0.4 is 15.4 Å². The first-order valence-corrected chi connectivity index (χ1v) is 9.86. The smallest absolute Gasteiger partial charge is 0.191 e. The minimum atomic E-state index is 0. The molecule has 0 saturated heterocycles. The van der Waals surface area contributed by atoms with Gasteiger partial charge in [-0.25, -0.2) is 0 Å². The molecule has 0 fully saturated rings. The fourth-order valence-electron chi connectivity index (χ4n) is 2.12. The average molecular weight is 500 g/mol. The van der Waals surface area contributed by atoms with E-state index in [1.54, 1.807) is 13.2 Å². The second kappa shape index (κ2) is 12.1. The standard InChI is InChI=1S/C20H28N4OS.HI/c1-20(2,26-4)15-24-19(21-3)23-13-16-8-10-18(11-9-16)25-14-17-7-5-6-12-22-17;/h5-12H,13-15H2,1-4H3,(H2,21,23,24);1H. The molecule has 1 aromatic carbocycles. The summed E-state index contributed by atoms with van der Waals surface area (Å²) in [6, 6.07) is 13.9. The average Bonchev–Trinajstić information content (AvgIpc) is 2.68. The summed E-state index contributed by atoms with van der Waals surface area (Å²) in [5, 5.41) is 6.71. The van der Waals surface area contributed by atoms with Crippen LogP contribution in [0.15, 0.2) is 53.7 Å². The highest BCUT2D eigenvalue weighted by molar-refractivity contribution is 14.0. The first kappa shape index (κ1) is 23.6. The maximum Gasteiger partial charge on any atom is 0.191 e. The maximum absolute atomic E-state index is 5.76. The molecular weight excluding hydrogens is 471 g/mol. The summed E-state index contributed by atoms with van der Waals surface area (Å²) in [6.45, 7) is 6.46. The lowest BCUT2D eigenvalue weighted by Gasteiger charge is -2.23.